The van der Waals surface area contributed by atoms with Gasteiger partial charge in [0.25, 0.3) is 0 Å². The predicted molar refractivity (Wildman–Crippen MR) is 59.8 cm³/mol. The number of rotatable bonds is 2. The van der Waals surface area contributed by atoms with Gasteiger partial charge in [-0.2, -0.15) is 0 Å². The Bertz CT molecular complexity index is 390. The Labute approximate surface area is 92.3 Å². The van der Waals surface area contributed by atoms with Gasteiger partial charge >= 0.3 is 6.98 Å². The highest BCUT2D eigenvalue weighted by Gasteiger charge is 2.28. The highest BCUT2D eigenvalue weighted by atomic mass is 32.1. The summed E-state index contributed by atoms with van der Waals surface area (Å²) in [6.45, 7) is -1.74. The van der Waals surface area contributed by atoms with Crippen molar-refractivity contribution in [2.75, 3.05) is 0 Å². The normalized spacial score (nSPS) is 11.9. The van der Waals surface area contributed by atoms with Crippen LogP contribution in [0.2, 0.25) is 0 Å². The largest absolute Gasteiger partial charge is 0.509 e. The molecular formula is C9H12BF3NS-. The Morgan fingerprint density at radius 1 is 1.27 bits per heavy atom. The number of benzene rings is 1. The first-order chi connectivity index (χ1) is 6.79. The summed E-state index contributed by atoms with van der Waals surface area (Å²) in [4.78, 5) is 0.382. The van der Waals surface area contributed by atoms with E-state index in [2.05, 4.69) is 12.6 Å². The van der Waals surface area contributed by atoms with Gasteiger partial charge in [-0.1, -0.05) is 11.6 Å². The average molecular weight is 234 g/mol. The minimum atomic E-state index is -4.99. The number of hydrogen-bond donors (Lipinski definition) is 2. The van der Waals surface area contributed by atoms with Crippen molar-refractivity contribution in [2.45, 2.75) is 25.3 Å². The molecule has 0 aliphatic carbocycles. The second-order valence-corrected chi connectivity index (χ2v) is 3.95. The number of nitrogens with two attached hydrogens (primary N) is 1. The molecule has 0 aliphatic rings. The smallest absolute Gasteiger partial charge is 0.445 e. The van der Waals surface area contributed by atoms with Gasteiger partial charge in [-0.25, -0.2) is 0 Å². The van der Waals surface area contributed by atoms with E-state index in [1.165, 1.54) is 6.92 Å². The van der Waals surface area contributed by atoms with Crippen LogP contribution in [0.4, 0.5) is 12.9 Å². The monoisotopic (exact) mass is 234 g/mol. The summed E-state index contributed by atoms with van der Waals surface area (Å²) < 4.78 is 38.0. The van der Waals surface area contributed by atoms with Crippen LogP contribution in [0.15, 0.2) is 11.0 Å². The Hall–Kier alpha value is -0.615. The SMILES string of the molecule is Cc1c(CN)cc([B-](F)(F)F)c(C)c1S. The average Bonchev–Trinajstić information content (AvgIpc) is 2.13. The zero-order valence-electron chi connectivity index (χ0n) is 8.52. The third-order valence-electron chi connectivity index (χ3n) is 2.53. The first-order valence-corrected chi connectivity index (χ1v) is 4.95. The number of thiol groups is 1. The maximum Gasteiger partial charge on any atom is 0.509 e. The summed E-state index contributed by atoms with van der Waals surface area (Å²) in [5.41, 5.74) is 6.20. The summed E-state index contributed by atoms with van der Waals surface area (Å²) in [7, 11) is 0. The number of hydrogen-bond acceptors (Lipinski definition) is 2. The van der Waals surface area contributed by atoms with E-state index >= 15 is 0 Å². The number of halogens is 3. The second kappa shape index (κ2) is 4.10. The van der Waals surface area contributed by atoms with Gasteiger partial charge in [0.15, 0.2) is 0 Å². The van der Waals surface area contributed by atoms with E-state index in [0.717, 1.165) is 11.6 Å². The minimum Gasteiger partial charge on any atom is -0.445 e. The second-order valence-electron chi connectivity index (χ2n) is 3.50. The molecule has 0 bridgehead atoms. The fraction of sp³-hybridized carbons (Fsp3) is 0.333. The molecule has 0 aliphatic heterocycles. The molecular weight excluding hydrogens is 222 g/mol. The molecule has 2 N–H and O–H groups in total. The van der Waals surface area contributed by atoms with Crippen LogP contribution in [-0.4, -0.2) is 6.98 Å². The van der Waals surface area contributed by atoms with Crippen LogP contribution in [0.5, 0.6) is 0 Å². The van der Waals surface area contributed by atoms with Gasteiger partial charge < -0.3 is 18.7 Å². The summed E-state index contributed by atoms with van der Waals surface area (Å²) in [5, 5.41) is 0. The Kier molecular flexibility index (Phi) is 3.40. The molecule has 0 spiro atoms. The molecule has 6 heteroatoms. The summed E-state index contributed by atoms with van der Waals surface area (Å²) in [6.07, 6.45) is 0. The molecule has 0 unspecified atom stereocenters. The van der Waals surface area contributed by atoms with Gasteiger partial charge in [0.05, 0.1) is 0 Å². The lowest BCUT2D eigenvalue weighted by Crippen LogP contribution is -2.37. The third kappa shape index (κ3) is 2.31. The Balaban J connectivity index is 3.49. The molecule has 0 radical (unpaired) electrons. The van der Waals surface area contributed by atoms with Crippen LogP contribution in [0.1, 0.15) is 16.7 Å². The molecule has 0 aromatic heterocycles. The standard InChI is InChI=1S/C9H12BF3NS/c1-5-7(4-14)3-8(10(11,12)13)6(2)9(5)15/h3,15H,4,14H2,1-2H3/q-1. The van der Waals surface area contributed by atoms with E-state index in [4.69, 9.17) is 5.73 Å². The molecule has 1 nitrogen and oxygen atoms in total. The highest BCUT2D eigenvalue weighted by molar-refractivity contribution is 7.80. The van der Waals surface area contributed by atoms with Gasteiger partial charge in [-0.15, -0.1) is 18.1 Å². The maximum absolute atomic E-state index is 12.7. The summed E-state index contributed by atoms with van der Waals surface area (Å²) in [5.74, 6) is 0. The van der Waals surface area contributed by atoms with Crippen molar-refractivity contribution in [3.63, 3.8) is 0 Å². The van der Waals surface area contributed by atoms with Crippen molar-refractivity contribution in [2.24, 2.45) is 5.73 Å². The lowest BCUT2D eigenvalue weighted by Gasteiger charge is -2.22. The van der Waals surface area contributed by atoms with Crippen molar-refractivity contribution >= 4 is 25.1 Å². The molecule has 15 heavy (non-hydrogen) atoms. The van der Waals surface area contributed by atoms with Crippen molar-refractivity contribution < 1.29 is 12.9 Å². The van der Waals surface area contributed by atoms with E-state index in [9.17, 15) is 12.9 Å². The van der Waals surface area contributed by atoms with Crippen LogP contribution >= 0.6 is 12.6 Å². The van der Waals surface area contributed by atoms with E-state index in [1.807, 2.05) is 0 Å². The van der Waals surface area contributed by atoms with E-state index in [1.54, 1.807) is 6.92 Å². The molecule has 1 rings (SSSR count). The van der Waals surface area contributed by atoms with Gasteiger partial charge in [-0.3, -0.25) is 0 Å². The first kappa shape index (κ1) is 12.5. The fourth-order valence-electron chi connectivity index (χ4n) is 1.53. The molecule has 0 amide bonds. The molecule has 1 aromatic carbocycles. The summed E-state index contributed by atoms with van der Waals surface area (Å²) in [6, 6.07) is 1.13. The van der Waals surface area contributed by atoms with Gasteiger partial charge in [-0.05, 0) is 25.0 Å². The first-order valence-electron chi connectivity index (χ1n) is 4.51. The molecule has 0 saturated heterocycles. The highest BCUT2D eigenvalue weighted by Crippen LogP contribution is 2.23. The Morgan fingerprint density at radius 2 is 1.80 bits per heavy atom. The van der Waals surface area contributed by atoms with E-state index in [-0.39, 0.29) is 12.1 Å². The van der Waals surface area contributed by atoms with Crippen molar-refractivity contribution in [1.29, 1.82) is 0 Å². The fourth-order valence-corrected chi connectivity index (χ4v) is 1.80. The van der Waals surface area contributed by atoms with Crippen LogP contribution < -0.4 is 11.2 Å². The van der Waals surface area contributed by atoms with Gasteiger partial charge in [0.1, 0.15) is 0 Å². The lowest BCUT2D eigenvalue weighted by atomic mass is 9.75. The zero-order chi connectivity index (χ0) is 11.8. The van der Waals surface area contributed by atoms with Crippen LogP contribution in [0, 0.1) is 13.8 Å². The third-order valence-corrected chi connectivity index (χ3v) is 3.20. The van der Waals surface area contributed by atoms with Gasteiger partial charge in [0, 0.05) is 11.4 Å². The van der Waals surface area contributed by atoms with Crippen LogP contribution in [-0.2, 0) is 6.54 Å². The van der Waals surface area contributed by atoms with Crippen molar-refractivity contribution in [3.8, 4) is 0 Å². The topological polar surface area (TPSA) is 26.0 Å². The molecule has 0 atom stereocenters. The van der Waals surface area contributed by atoms with E-state index in [0.29, 0.717) is 10.5 Å². The van der Waals surface area contributed by atoms with Crippen LogP contribution in [0.25, 0.3) is 0 Å². The molecule has 84 valence electrons. The molecule has 0 saturated carbocycles. The lowest BCUT2D eigenvalue weighted by molar-refractivity contribution is 0.500. The van der Waals surface area contributed by atoms with Crippen LogP contribution in [0.3, 0.4) is 0 Å². The molecule has 0 fully saturated rings. The minimum absolute atomic E-state index is 0.0961. The maximum atomic E-state index is 12.7. The van der Waals surface area contributed by atoms with Crippen molar-refractivity contribution in [3.05, 3.63) is 22.8 Å². The Morgan fingerprint density at radius 3 is 2.20 bits per heavy atom. The van der Waals surface area contributed by atoms with Crippen molar-refractivity contribution in [1.82, 2.24) is 0 Å². The predicted octanol–water partition coefficient (Wildman–Crippen LogP) is 2.11. The van der Waals surface area contributed by atoms with E-state index < -0.39 is 12.4 Å². The summed E-state index contributed by atoms with van der Waals surface area (Å²) >= 11 is 4.09. The van der Waals surface area contributed by atoms with Gasteiger partial charge in [0.2, 0.25) is 0 Å². The molecule has 0 heterocycles. The quantitative estimate of drug-likeness (QED) is 0.594. The zero-order valence-corrected chi connectivity index (χ0v) is 9.41. The molecule has 1 aromatic rings.